The van der Waals surface area contributed by atoms with Gasteiger partial charge in [0.1, 0.15) is 11.8 Å². The lowest BCUT2D eigenvalue weighted by molar-refractivity contribution is 0.289. The van der Waals surface area contributed by atoms with Crippen LogP contribution >= 0.6 is 11.6 Å². The van der Waals surface area contributed by atoms with Crippen LogP contribution < -0.4 is 10.5 Å². The van der Waals surface area contributed by atoms with Crippen LogP contribution in [-0.4, -0.2) is 9.78 Å². The molecule has 1 aromatic heterocycles. The fraction of sp³-hybridized carbons (Fsp3) is 0.357. The lowest BCUT2D eigenvalue weighted by Gasteiger charge is -2.10. The molecule has 0 radical (unpaired) electrons. The summed E-state index contributed by atoms with van der Waals surface area (Å²) in [4.78, 5) is 0. The molecule has 1 atom stereocenters. The van der Waals surface area contributed by atoms with Crippen molar-refractivity contribution in [3.8, 4) is 5.75 Å². The van der Waals surface area contributed by atoms with Crippen molar-refractivity contribution in [2.75, 3.05) is 0 Å². The number of aryl methyl sites for hydroxylation is 2. The molecule has 2 rings (SSSR count). The molecule has 4 nitrogen and oxygen atoms in total. The van der Waals surface area contributed by atoms with Crippen LogP contribution in [0.3, 0.4) is 0 Å². The number of nitrogens with two attached hydrogens (primary N) is 1. The summed E-state index contributed by atoms with van der Waals surface area (Å²) in [5.74, 6) is -0.258. The Morgan fingerprint density at radius 2 is 2.20 bits per heavy atom. The van der Waals surface area contributed by atoms with E-state index < -0.39 is 5.82 Å². The number of aromatic nitrogens is 2. The fourth-order valence-corrected chi connectivity index (χ4v) is 2.13. The van der Waals surface area contributed by atoms with Crippen LogP contribution in [0.4, 0.5) is 4.39 Å². The van der Waals surface area contributed by atoms with Gasteiger partial charge in [0.15, 0.2) is 11.6 Å². The van der Waals surface area contributed by atoms with Crippen LogP contribution in [-0.2, 0) is 13.7 Å². The summed E-state index contributed by atoms with van der Waals surface area (Å²) >= 11 is 6.10. The van der Waals surface area contributed by atoms with E-state index in [4.69, 9.17) is 22.1 Å². The van der Waals surface area contributed by atoms with Crippen molar-refractivity contribution in [3.63, 3.8) is 0 Å². The highest BCUT2D eigenvalue weighted by atomic mass is 35.5. The highest BCUT2D eigenvalue weighted by molar-refractivity contribution is 6.30. The zero-order valence-corrected chi connectivity index (χ0v) is 12.4. The smallest absolute Gasteiger partial charge is 0.165 e. The van der Waals surface area contributed by atoms with E-state index in [9.17, 15) is 4.39 Å². The van der Waals surface area contributed by atoms with Crippen molar-refractivity contribution in [1.82, 2.24) is 9.78 Å². The Bertz CT molecular complexity index is 625. The minimum Gasteiger partial charge on any atom is -0.486 e. The van der Waals surface area contributed by atoms with Gasteiger partial charge in [-0.25, -0.2) is 4.39 Å². The Morgan fingerprint density at radius 3 is 2.70 bits per heavy atom. The van der Waals surface area contributed by atoms with Gasteiger partial charge in [-0.3, -0.25) is 4.68 Å². The van der Waals surface area contributed by atoms with Gasteiger partial charge >= 0.3 is 0 Å². The second kappa shape index (κ2) is 5.81. The van der Waals surface area contributed by atoms with E-state index in [1.165, 1.54) is 6.07 Å². The molecule has 1 heterocycles. The first-order valence-electron chi connectivity index (χ1n) is 6.26. The highest BCUT2D eigenvalue weighted by Crippen LogP contribution is 2.24. The third-order valence-corrected chi connectivity index (χ3v) is 3.60. The Balaban J connectivity index is 2.15. The van der Waals surface area contributed by atoms with E-state index in [1.54, 1.807) is 30.8 Å². The summed E-state index contributed by atoms with van der Waals surface area (Å²) < 4.78 is 20.9. The summed E-state index contributed by atoms with van der Waals surface area (Å²) in [5, 5.41) is 4.67. The third kappa shape index (κ3) is 2.94. The monoisotopic (exact) mass is 297 g/mol. The number of rotatable bonds is 4. The first-order chi connectivity index (χ1) is 9.40. The van der Waals surface area contributed by atoms with E-state index >= 15 is 0 Å². The maximum atomic E-state index is 13.9. The van der Waals surface area contributed by atoms with Gasteiger partial charge in [0.2, 0.25) is 0 Å². The maximum absolute atomic E-state index is 13.9. The van der Waals surface area contributed by atoms with E-state index in [0.717, 1.165) is 16.8 Å². The molecule has 0 spiro atoms. The fourth-order valence-electron chi connectivity index (χ4n) is 1.91. The molecule has 6 heteroatoms. The van der Waals surface area contributed by atoms with Gasteiger partial charge in [-0.2, -0.15) is 5.10 Å². The average molecular weight is 298 g/mol. The molecule has 0 fully saturated rings. The lowest BCUT2D eigenvalue weighted by atomic mass is 10.1. The average Bonchev–Trinajstić information content (AvgIpc) is 2.62. The molecule has 0 saturated heterocycles. The third-order valence-electron chi connectivity index (χ3n) is 3.12. The van der Waals surface area contributed by atoms with Gasteiger partial charge in [-0.1, -0.05) is 17.7 Å². The second-order valence-corrected chi connectivity index (χ2v) is 5.10. The Morgan fingerprint density at radius 1 is 1.50 bits per heavy atom. The predicted molar refractivity (Wildman–Crippen MR) is 76.3 cm³/mol. The second-order valence-electron chi connectivity index (χ2n) is 4.75. The number of nitrogens with zero attached hydrogens (tertiary/aromatic N) is 2. The van der Waals surface area contributed by atoms with E-state index in [2.05, 4.69) is 5.10 Å². The first kappa shape index (κ1) is 14.8. The number of benzene rings is 1. The zero-order chi connectivity index (χ0) is 14.9. The summed E-state index contributed by atoms with van der Waals surface area (Å²) in [6.45, 7) is 3.81. The van der Waals surface area contributed by atoms with Crippen molar-refractivity contribution < 1.29 is 9.13 Å². The maximum Gasteiger partial charge on any atom is 0.165 e. The van der Waals surface area contributed by atoms with Crippen molar-refractivity contribution in [2.24, 2.45) is 12.8 Å². The molecule has 1 aromatic carbocycles. The van der Waals surface area contributed by atoms with Crippen LogP contribution in [0.1, 0.15) is 29.8 Å². The number of hydrogen-bond donors (Lipinski definition) is 1. The quantitative estimate of drug-likeness (QED) is 0.943. The van der Waals surface area contributed by atoms with Crippen molar-refractivity contribution in [3.05, 3.63) is 46.0 Å². The zero-order valence-electron chi connectivity index (χ0n) is 11.7. The van der Waals surface area contributed by atoms with Gasteiger partial charge < -0.3 is 10.5 Å². The largest absolute Gasteiger partial charge is 0.486 e. The van der Waals surface area contributed by atoms with Crippen LogP contribution in [0.5, 0.6) is 5.75 Å². The van der Waals surface area contributed by atoms with Gasteiger partial charge in [0, 0.05) is 18.7 Å². The van der Waals surface area contributed by atoms with E-state index in [1.807, 2.05) is 6.92 Å². The van der Waals surface area contributed by atoms with E-state index in [0.29, 0.717) is 5.15 Å². The molecular formula is C14H17ClFN3O. The molecule has 0 bridgehead atoms. The Labute approximate surface area is 122 Å². The molecular weight excluding hydrogens is 281 g/mol. The molecule has 20 heavy (non-hydrogen) atoms. The number of ether oxygens (including phenoxy) is 1. The molecule has 2 N–H and O–H groups in total. The van der Waals surface area contributed by atoms with Crippen LogP contribution in [0.15, 0.2) is 18.2 Å². The van der Waals surface area contributed by atoms with Gasteiger partial charge in [-0.05, 0) is 31.5 Å². The van der Waals surface area contributed by atoms with Gasteiger partial charge in [0.05, 0.1) is 5.69 Å². The topological polar surface area (TPSA) is 53.1 Å². The molecule has 0 amide bonds. The van der Waals surface area contributed by atoms with Crippen LogP contribution in [0.2, 0.25) is 5.15 Å². The standard InChI is InChI=1S/C14H17ClFN3O/c1-8(17)10-4-5-13(12(16)6-10)20-7-11-9(2)18-19(3)14(11)15/h4-6,8H,7,17H2,1-3H3/t8-/m0/s1. The Hall–Kier alpha value is -1.59. The van der Waals surface area contributed by atoms with Gasteiger partial charge in [-0.15, -0.1) is 0 Å². The SMILES string of the molecule is Cc1nn(C)c(Cl)c1COc1ccc([C@H](C)N)cc1F. The molecule has 0 saturated carbocycles. The minimum atomic E-state index is -0.433. The Kier molecular flexibility index (Phi) is 4.30. The van der Waals surface area contributed by atoms with Crippen molar-refractivity contribution >= 4 is 11.6 Å². The predicted octanol–water partition coefficient (Wildman–Crippen LogP) is 3.12. The minimum absolute atomic E-state index is 0.174. The van der Waals surface area contributed by atoms with Crippen molar-refractivity contribution in [1.29, 1.82) is 0 Å². The molecule has 2 aromatic rings. The van der Waals surface area contributed by atoms with Crippen LogP contribution in [0.25, 0.3) is 0 Å². The molecule has 0 unspecified atom stereocenters. The summed E-state index contributed by atoms with van der Waals surface area (Å²) in [5.41, 5.74) is 7.95. The highest BCUT2D eigenvalue weighted by Gasteiger charge is 2.13. The lowest BCUT2D eigenvalue weighted by Crippen LogP contribution is -2.06. The number of hydrogen-bond acceptors (Lipinski definition) is 3. The molecule has 0 aliphatic heterocycles. The van der Waals surface area contributed by atoms with Gasteiger partial charge in [0.25, 0.3) is 0 Å². The summed E-state index contributed by atoms with van der Waals surface area (Å²) in [6.07, 6.45) is 0. The molecule has 0 aliphatic rings. The number of halogens is 2. The first-order valence-corrected chi connectivity index (χ1v) is 6.63. The normalized spacial score (nSPS) is 12.5. The summed E-state index contributed by atoms with van der Waals surface area (Å²) in [7, 11) is 1.75. The summed E-state index contributed by atoms with van der Waals surface area (Å²) in [6, 6.07) is 4.50. The van der Waals surface area contributed by atoms with Crippen LogP contribution in [0, 0.1) is 12.7 Å². The van der Waals surface area contributed by atoms with Crippen molar-refractivity contribution in [2.45, 2.75) is 26.5 Å². The van der Waals surface area contributed by atoms with E-state index in [-0.39, 0.29) is 18.4 Å². The molecule has 108 valence electrons. The molecule has 0 aliphatic carbocycles.